The third kappa shape index (κ3) is 3.51. The van der Waals surface area contributed by atoms with E-state index in [4.69, 9.17) is 9.47 Å². The second-order valence-corrected chi connectivity index (χ2v) is 7.91. The van der Waals surface area contributed by atoms with Crippen molar-refractivity contribution in [2.45, 2.75) is 12.5 Å². The lowest BCUT2D eigenvalue weighted by atomic mass is 9.87. The van der Waals surface area contributed by atoms with Gasteiger partial charge in [0.25, 0.3) is 11.5 Å². The summed E-state index contributed by atoms with van der Waals surface area (Å²) in [6, 6.07) is 20.5. The number of methoxy groups -OCH3 is 2. The van der Waals surface area contributed by atoms with E-state index < -0.39 is 0 Å². The zero-order valence-electron chi connectivity index (χ0n) is 18.4. The van der Waals surface area contributed by atoms with E-state index in [9.17, 15) is 9.59 Å². The van der Waals surface area contributed by atoms with E-state index in [2.05, 4.69) is 10.2 Å². The van der Waals surface area contributed by atoms with Crippen LogP contribution >= 0.6 is 0 Å². The molecule has 1 unspecified atom stereocenters. The molecule has 0 saturated carbocycles. The SMILES string of the molecule is COc1cc2c(cc1OC)C(c1ccccc1)N(C(=O)c1n[nH]c(=O)c3ccccc13)CC2. The Morgan fingerprint density at radius 2 is 1.64 bits per heavy atom. The fourth-order valence-electron chi connectivity index (χ4n) is 4.57. The third-order valence-corrected chi connectivity index (χ3v) is 6.15. The van der Waals surface area contributed by atoms with Crippen molar-refractivity contribution in [3.8, 4) is 11.5 Å². The topological polar surface area (TPSA) is 84.5 Å². The number of aromatic amines is 1. The van der Waals surface area contributed by atoms with Crippen LogP contribution in [0.3, 0.4) is 0 Å². The van der Waals surface area contributed by atoms with Crippen molar-refractivity contribution in [2.24, 2.45) is 0 Å². The fraction of sp³-hybridized carbons (Fsp3) is 0.192. The quantitative estimate of drug-likeness (QED) is 0.522. The van der Waals surface area contributed by atoms with Crippen LogP contribution in [0.5, 0.6) is 11.5 Å². The molecule has 0 saturated heterocycles. The van der Waals surface area contributed by atoms with Gasteiger partial charge in [0.05, 0.1) is 25.6 Å². The zero-order chi connectivity index (χ0) is 22.9. The first-order chi connectivity index (χ1) is 16.1. The number of nitrogens with one attached hydrogen (secondary N) is 1. The van der Waals surface area contributed by atoms with Gasteiger partial charge in [0, 0.05) is 11.9 Å². The summed E-state index contributed by atoms with van der Waals surface area (Å²) in [6.07, 6.45) is 0.659. The van der Waals surface area contributed by atoms with Crippen LogP contribution in [0.25, 0.3) is 10.8 Å². The Bertz CT molecular complexity index is 1400. The maximum Gasteiger partial charge on any atom is 0.275 e. The number of carbonyl (C=O) groups is 1. The molecule has 0 fully saturated rings. The van der Waals surface area contributed by atoms with Crippen LogP contribution in [-0.4, -0.2) is 41.8 Å². The summed E-state index contributed by atoms with van der Waals surface area (Å²) in [5.41, 5.74) is 2.97. The van der Waals surface area contributed by atoms with Crippen molar-refractivity contribution in [3.63, 3.8) is 0 Å². The van der Waals surface area contributed by atoms with E-state index >= 15 is 0 Å². The molecular formula is C26H23N3O4. The number of aromatic nitrogens is 2. The minimum atomic E-state index is -0.338. The molecule has 5 rings (SSSR count). The molecule has 1 aliphatic heterocycles. The molecule has 33 heavy (non-hydrogen) atoms. The number of H-pyrrole nitrogens is 1. The average Bonchev–Trinajstić information content (AvgIpc) is 2.87. The van der Waals surface area contributed by atoms with E-state index in [0.717, 1.165) is 16.7 Å². The van der Waals surface area contributed by atoms with Gasteiger partial charge in [-0.3, -0.25) is 9.59 Å². The zero-order valence-corrected chi connectivity index (χ0v) is 18.4. The molecule has 1 atom stereocenters. The maximum atomic E-state index is 13.9. The number of rotatable bonds is 4. The van der Waals surface area contributed by atoms with Crippen molar-refractivity contribution in [1.29, 1.82) is 0 Å². The highest BCUT2D eigenvalue weighted by atomic mass is 16.5. The van der Waals surface area contributed by atoms with Crippen LogP contribution in [-0.2, 0) is 6.42 Å². The van der Waals surface area contributed by atoms with Gasteiger partial charge in [0.15, 0.2) is 17.2 Å². The molecule has 3 aromatic carbocycles. The number of nitrogens with zero attached hydrogens (tertiary/aromatic N) is 2. The molecule has 0 aliphatic carbocycles. The first-order valence-electron chi connectivity index (χ1n) is 10.7. The van der Waals surface area contributed by atoms with Crippen LogP contribution in [0, 0.1) is 0 Å². The Labute approximate surface area is 190 Å². The molecule has 1 aliphatic rings. The van der Waals surface area contributed by atoms with E-state index in [1.807, 2.05) is 47.4 Å². The molecular weight excluding hydrogens is 418 g/mol. The highest BCUT2D eigenvalue weighted by Crippen LogP contribution is 2.41. The number of ether oxygens (including phenoxy) is 2. The summed E-state index contributed by atoms with van der Waals surface area (Å²) in [6.45, 7) is 0.496. The molecule has 1 aromatic heterocycles. The summed E-state index contributed by atoms with van der Waals surface area (Å²) >= 11 is 0. The number of amides is 1. The van der Waals surface area contributed by atoms with Crippen LogP contribution in [0.15, 0.2) is 71.5 Å². The standard InChI is InChI=1S/C26H23N3O4/c1-32-21-14-17-12-13-29(24(16-8-4-3-5-9-16)20(17)15-22(21)33-2)26(31)23-18-10-6-7-11-19(18)25(30)28-27-23/h3-11,14-15,24H,12-13H2,1-2H3,(H,28,30). The Morgan fingerprint density at radius 3 is 2.36 bits per heavy atom. The first-order valence-corrected chi connectivity index (χ1v) is 10.7. The van der Waals surface area contributed by atoms with Gasteiger partial charge in [0.2, 0.25) is 0 Å². The van der Waals surface area contributed by atoms with Crippen LogP contribution < -0.4 is 15.0 Å². The van der Waals surface area contributed by atoms with Gasteiger partial charge in [-0.2, -0.15) is 5.10 Å². The molecule has 7 heteroatoms. The molecule has 1 amide bonds. The summed E-state index contributed by atoms with van der Waals surface area (Å²) in [7, 11) is 3.22. The number of benzene rings is 3. The van der Waals surface area contributed by atoms with Gasteiger partial charge in [-0.15, -0.1) is 0 Å². The minimum Gasteiger partial charge on any atom is -0.493 e. The summed E-state index contributed by atoms with van der Waals surface area (Å²) in [4.78, 5) is 27.9. The average molecular weight is 441 g/mol. The maximum absolute atomic E-state index is 13.9. The lowest BCUT2D eigenvalue weighted by Gasteiger charge is -2.38. The highest BCUT2D eigenvalue weighted by molar-refractivity contribution is 6.05. The van der Waals surface area contributed by atoms with Crippen molar-refractivity contribution >= 4 is 16.7 Å². The molecule has 0 radical (unpaired) electrons. The van der Waals surface area contributed by atoms with Crippen molar-refractivity contribution in [1.82, 2.24) is 15.1 Å². The monoisotopic (exact) mass is 441 g/mol. The van der Waals surface area contributed by atoms with Gasteiger partial charge in [0.1, 0.15) is 0 Å². The Balaban J connectivity index is 1.68. The van der Waals surface area contributed by atoms with Crippen molar-refractivity contribution in [3.05, 3.63) is 99.5 Å². The molecule has 0 bridgehead atoms. The summed E-state index contributed by atoms with van der Waals surface area (Å²) in [5, 5.41) is 7.61. The van der Waals surface area contributed by atoms with E-state index in [-0.39, 0.29) is 23.2 Å². The Morgan fingerprint density at radius 1 is 0.970 bits per heavy atom. The largest absolute Gasteiger partial charge is 0.493 e. The van der Waals surface area contributed by atoms with E-state index in [1.54, 1.807) is 38.5 Å². The van der Waals surface area contributed by atoms with Gasteiger partial charge in [-0.05, 0) is 41.3 Å². The number of fused-ring (bicyclic) bond motifs is 2. The third-order valence-electron chi connectivity index (χ3n) is 6.15. The van der Waals surface area contributed by atoms with Crippen LogP contribution in [0.4, 0.5) is 0 Å². The van der Waals surface area contributed by atoms with E-state index in [1.165, 1.54) is 0 Å². The van der Waals surface area contributed by atoms with Crippen LogP contribution in [0.1, 0.15) is 33.2 Å². The van der Waals surface area contributed by atoms with E-state index in [0.29, 0.717) is 35.2 Å². The molecule has 4 aromatic rings. The smallest absolute Gasteiger partial charge is 0.275 e. The fourth-order valence-corrected chi connectivity index (χ4v) is 4.57. The summed E-state index contributed by atoms with van der Waals surface area (Å²) in [5.74, 6) is 1.03. The molecule has 166 valence electrons. The van der Waals surface area contributed by atoms with Crippen molar-refractivity contribution in [2.75, 3.05) is 20.8 Å². The predicted molar refractivity (Wildman–Crippen MR) is 125 cm³/mol. The normalized spacial score (nSPS) is 15.2. The molecule has 7 nitrogen and oxygen atoms in total. The molecule has 1 N–H and O–H groups in total. The second kappa shape index (κ2) is 8.43. The van der Waals surface area contributed by atoms with Gasteiger partial charge >= 0.3 is 0 Å². The lowest BCUT2D eigenvalue weighted by Crippen LogP contribution is -2.41. The lowest BCUT2D eigenvalue weighted by molar-refractivity contribution is 0.0689. The van der Waals surface area contributed by atoms with Gasteiger partial charge in [-0.1, -0.05) is 48.5 Å². The van der Waals surface area contributed by atoms with Gasteiger partial charge < -0.3 is 14.4 Å². The number of hydrogen-bond donors (Lipinski definition) is 1. The Kier molecular flexibility index (Phi) is 5.30. The molecule has 0 spiro atoms. The number of carbonyl (C=O) groups excluding carboxylic acids is 1. The number of hydrogen-bond acceptors (Lipinski definition) is 5. The Hall–Kier alpha value is -4.13. The highest BCUT2D eigenvalue weighted by Gasteiger charge is 2.35. The minimum absolute atomic E-state index is 0.232. The second-order valence-electron chi connectivity index (χ2n) is 7.91. The molecule has 2 heterocycles. The first kappa shape index (κ1) is 20.8. The van der Waals surface area contributed by atoms with Crippen LogP contribution in [0.2, 0.25) is 0 Å². The predicted octanol–water partition coefficient (Wildman–Crippen LogP) is 3.73. The van der Waals surface area contributed by atoms with Gasteiger partial charge in [-0.25, -0.2) is 5.10 Å². The summed E-state index contributed by atoms with van der Waals surface area (Å²) < 4.78 is 11.1. The van der Waals surface area contributed by atoms with Crippen molar-refractivity contribution < 1.29 is 14.3 Å².